The highest BCUT2D eigenvalue weighted by atomic mass is 32.1. The number of likely N-dealkylation sites (N-methyl/N-ethyl adjacent to an activating group) is 1. The summed E-state index contributed by atoms with van der Waals surface area (Å²) in [4.78, 5) is 29.1. The molecule has 1 unspecified atom stereocenters. The Morgan fingerprint density at radius 3 is 2.77 bits per heavy atom. The van der Waals surface area contributed by atoms with Crippen LogP contribution >= 0.6 is 11.3 Å². The van der Waals surface area contributed by atoms with Gasteiger partial charge in [0.05, 0.1) is 0 Å². The second-order valence-electron chi connectivity index (χ2n) is 5.01. The quantitative estimate of drug-likeness (QED) is 0.889. The second kappa shape index (κ2) is 7.17. The molecule has 0 aliphatic heterocycles. The Labute approximate surface area is 133 Å². The fourth-order valence-electron chi connectivity index (χ4n) is 2.36. The van der Waals surface area contributed by atoms with E-state index in [1.54, 1.807) is 22.3 Å². The summed E-state index contributed by atoms with van der Waals surface area (Å²) in [6, 6.07) is 4.96. The highest BCUT2D eigenvalue weighted by Gasteiger charge is 2.21. The first kappa shape index (κ1) is 16.2. The summed E-state index contributed by atoms with van der Waals surface area (Å²) in [6.45, 7) is 4.48. The van der Waals surface area contributed by atoms with Gasteiger partial charge in [-0.25, -0.2) is 9.78 Å². The van der Waals surface area contributed by atoms with Crippen molar-refractivity contribution >= 4 is 23.2 Å². The molecule has 0 saturated heterocycles. The van der Waals surface area contributed by atoms with Gasteiger partial charge in [0.25, 0.3) is 5.91 Å². The molecule has 0 bridgehead atoms. The van der Waals surface area contributed by atoms with Gasteiger partial charge in [0.15, 0.2) is 0 Å². The van der Waals surface area contributed by atoms with E-state index < -0.39 is 5.97 Å². The van der Waals surface area contributed by atoms with Crippen molar-refractivity contribution in [1.29, 1.82) is 0 Å². The predicted octanol–water partition coefficient (Wildman–Crippen LogP) is 2.93. The third-order valence-corrected chi connectivity index (χ3v) is 4.20. The van der Waals surface area contributed by atoms with Crippen LogP contribution in [0.25, 0.3) is 0 Å². The van der Waals surface area contributed by atoms with Gasteiger partial charge < -0.3 is 10.0 Å². The monoisotopic (exact) mass is 318 g/mol. The van der Waals surface area contributed by atoms with Crippen LogP contribution in [0.4, 0.5) is 0 Å². The molecule has 0 aliphatic rings. The van der Waals surface area contributed by atoms with Gasteiger partial charge >= 0.3 is 5.97 Å². The van der Waals surface area contributed by atoms with Crippen molar-refractivity contribution in [3.8, 4) is 0 Å². The summed E-state index contributed by atoms with van der Waals surface area (Å²) in [5.74, 6) is -1.31. The molecule has 116 valence electrons. The zero-order valence-corrected chi connectivity index (χ0v) is 13.3. The van der Waals surface area contributed by atoms with Gasteiger partial charge in [-0.1, -0.05) is 0 Å². The Bertz CT molecular complexity index is 655. The maximum Gasteiger partial charge on any atom is 0.354 e. The largest absolute Gasteiger partial charge is 0.477 e. The van der Waals surface area contributed by atoms with Crippen LogP contribution in [0.2, 0.25) is 0 Å². The van der Waals surface area contributed by atoms with Gasteiger partial charge in [0.1, 0.15) is 5.69 Å². The first-order chi connectivity index (χ1) is 10.5. The molecule has 0 saturated carbocycles. The van der Waals surface area contributed by atoms with Crippen LogP contribution in [0.1, 0.15) is 40.3 Å². The number of aromatic nitrogens is 1. The molecule has 0 spiro atoms. The number of rotatable bonds is 6. The Kier molecular flexibility index (Phi) is 5.27. The number of carbonyl (C=O) groups excluding carboxylic acids is 1. The molecule has 2 aromatic rings. The van der Waals surface area contributed by atoms with Crippen LogP contribution in [0, 0.1) is 0 Å². The number of pyridine rings is 1. The van der Waals surface area contributed by atoms with E-state index in [-0.39, 0.29) is 17.6 Å². The maximum atomic E-state index is 12.6. The number of carbonyl (C=O) groups is 2. The first-order valence-corrected chi connectivity index (χ1v) is 7.98. The van der Waals surface area contributed by atoms with Gasteiger partial charge in [0.2, 0.25) is 0 Å². The maximum absolute atomic E-state index is 12.6. The number of hydrogen-bond acceptors (Lipinski definition) is 4. The van der Waals surface area contributed by atoms with Gasteiger partial charge in [-0.3, -0.25) is 4.79 Å². The molecular weight excluding hydrogens is 300 g/mol. The van der Waals surface area contributed by atoms with E-state index in [1.165, 1.54) is 17.8 Å². The van der Waals surface area contributed by atoms with Gasteiger partial charge in [-0.15, -0.1) is 0 Å². The number of aromatic carboxylic acids is 1. The normalized spacial score (nSPS) is 11.9. The minimum absolute atomic E-state index is 0.0357. The lowest BCUT2D eigenvalue weighted by Crippen LogP contribution is -2.39. The Morgan fingerprint density at radius 1 is 1.41 bits per heavy atom. The molecule has 1 N–H and O–H groups in total. The zero-order chi connectivity index (χ0) is 16.1. The fraction of sp³-hybridized carbons (Fsp3) is 0.312. The number of hydrogen-bond donors (Lipinski definition) is 1. The fourth-order valence-corrected chi connectivity index (χ4v) is 3.04. The predicted molar refractivity (Wildman–Crippen MR) is 85.4 cm³/mol. The van der Waals surface area contributed by atoms with Crippen LogP contribution in [0.15, 0.2) is 35.2 Å². The van der Waals surface area contributed by atoms with Crippen molar-refractivity contribution in [3.63, 3.8) is 0 Å². The van der Waals surface area contributed by atoms with Crippen LogP contribution in [0.5, 0.6) is 0 Å². The highest BCUT2D eigenvalue weighted by Crippen LogP contribution is 2.15. The molecule has 5 nitrogen and oxygen atoms in total. The minimum atomic E-state index is -1.14. The van der Waals surface area contributed by atoms with Gasteiger partial charge in [0, 0.05) is 24.3 Å². The molecule has 2 heterocycles. The average molecular weight is 318 g/mol. The molecule has 2 rings (SSSR count). The second-order valence-corrected chi connectivity index (χ2v) is 5.79. The molecule has 0 aromatic carbocycles. The molecule has 0 aliphatic carbocycles. The zero-order valence-electron chi connectivity index (χ0n) is 12.5. The molecule has 22 heavy (non-hydrogen) atoms. The van der Waals surface area contributed by atoms with E-state index in [9.17, 15) is 9.59 Å². The van der Waals surface area contributed by atoms with E-state index in [4.69, 9.17) is 5.11 Å². The summed E-state index contributed by atoms with van der Waals surface area (Å²) < 4.78 is 0. The van der Waals surface area contributed by atoms with Gasteiger partial charge in [-0.05, 0) is 54.8 Å². The lowest BCUT2D eigenvalue weighted by molar-refractivity contribution is 0.0690. The van der Waals surface area contributed by atoms with Crippen LogP contribution < -0.4 is 0 Å². The van der Waals surface area contributed by atoms with Gasteiger partial charge in [-0.2, -0.15) is 11.3 Å². The highest BCUT2D eigenvalue weighted by molar-refractivity contribution is 7.07. The SMILES string of the molecule is CCN(C(=O)c1ccnc(C(=O)O)c1)C(C)Cc1ccsc1. The molecule has 1 atom stereocenters. The summed E-state index contributed by atoms with van der Waals surface area (Å²) in [5, 5.41) is 13.1. The van der Waals surface area contributed by atoms with Crippen molar-refractivity contribution < 1.29 is 14.7 Å². The number of thiophene rings is 1. The van der Waals surface area contributed by atoms with Crippen molar-refractivity contribution in [1.82, 2.24) is 9.88 Å². The summed E-state index contributed by atoms with van der Waals surface area (Å²) in [7, 11) is 0. The number of carboxylic acid groups (broad SMARTS) is 1. The standard InChI is InChI=1S/C16H18N2O3S/c1-3-18(11(2)8-12-5-7-22-10-12)15(19)13-4-6-17-14(9-13)16(20)21/h4-7,9-11H,3,8H2,1-2H3,(H,20,21). The summed E-state index contributed by atoms with van der Waals surface area (Å²) in [5.41, 5.74) is 1.43. The van der Waals surface area contributed by atoms with E-state index in [2.05, 4.69) is 16.4 Å². The number of amides is 1. The molecule has 2 aromatic heterocycles. The van der Waals surface area contributed by atoms with Crippen molar-refractivity contribution in [2.75, 3.05) is 6.54 Å². The van der Waals surface area contributed by atoms with Crippen LogP contribution in [0.3, 0.4) is 0 Å². The van der Waals surface area contributed by atoms with E-state index in [1.807, 2.05) is 19.2 Å². The van der Waals surface area contributed by atoms with Crippen molar-refractivity contribution in [2.24, 2.45) is 0 Å². The van der Waals surface area contributed by atoms with Crippen molar-refractivity contribution in [3.05, 3.63) is 52.0 Å². The number of carboxylic acids is 1. The lowest BCUT2D eigenvalue weighted by atomic mass is 10.1. The van der Waals surface area contributed by atoms with Crippen molar-refractivity contribution in [2.45, 2.75) is 26.3 Å². The minimum Gasteiger partial charge on any atom is -0.477 e. The Morgan fingerprint density at radius 2 is 2.18 bits per heavy atom. The molecular formula is C16H18N2O3S. The average Bonchev–Trinajstić information content (AvgIpc) is 3.00. The molecule has 0 radical (unpaired) electrons. The lowest BCUT2D eigenvalue weighted by Gasteiger charge is -2.28. The van der Waals surface area contributed by atoms with E-state index >= 15 is 0 Å². The first-order valence-electron chi connectivity index (χ1n) is 7.04. The van der Waals surface area contributed by atoms with E-state index in [0.29, 0.717) is 12.1 Å². The van der Waals surface area contributed by atoms with Crippen LogP contribution in [-0.4, -0.2) is 39.5 Å². The van der Waals surface area contributed by atoms with E-state index in [0.717, 1.165) is 6.42 Å². The third-order valence-electron chi connectivity index (χ3n) is 3.47. The van der Waals surface area contributed by atoms with Crippen LogP contribution in [-0.2, 0) is 6.42 Å². The Balaban J connectivity index is 2.17. The number of nitrogens with zero attached hydrogens (tertiary/aromatic N) is 2. The topological polar surface area (TPSA) is 70.5 Å². The third kappa shape index (κ3) is 3.71. The molecule has 0 fully saturated rings. The Hall–Kier alpha value is -2.21. The molecule has 6 heteroatoms. The summed E-state index contributed by atoms with van der Waals surface area (Å²) in [6.07, 6.45) is 2.13. The molecule has 1 amide bonds. The summed E-state index contributed by atoms with van der Waals surface area (Å²) >= 11 is 1.63. The smallest absolute Gasteiger partial charge is 0.354 e.